The second-order valence-electron chi connectivity index (χ2n) is 4.88. The van der Waals surface area contributed by atoms with Gasteiger partial charge in [-0.2, -0.15) is 20.2 Å². The van der Waals surface area contributed by atoms with Gasteiger partial charge in [-0.1, -0.05) is 16.9 Å². The van der Waals surface area contributed by atoms with Gasteiger partial charge in [0.15, 0.2) is 0 Å². The van der Waals surface area contributed by atoms with E-state index in [0.29, 0.717) is 6.42 Å². The maximum atomic E-state index is 10.5. The van der Waals surface area contributed by atoms with Crippen LogP contribution < -0.4 is 51.4 Å². The monoisotopic (exact) mass is 445 g/mol. The van der Waals surface area contributed by atoms with E-state index >= 15 is 0 Å². The molecule has 142 valence electrons. The van der Waals surface area contributed by atoms with E-state index in [1.807, 2.05) is 6.26 Å². The number of oxime groups is 1. The van der Waals surface area contributed by atoms with E-state index in [0.717, 1.165) is 17.5 Å². The Morgan fingerprint density at radius 1 is 1.28 bits per heavy atom. The van der Waals surface area contributed by atoms with Crippen LogP contribution >= 0.6 is 23.5 Å². The van der Waals surface area contributed by atoms with Crippen LogP contribution in [0.4, 0.5) is 0 Å². The molecular formula is C11H20KNO9S3. The van der Waals surface area contributed by atoms with E-state index in [1.165, 1.54) is 0 Å². The Labute approximate surface area is 197 Å². The van der Waals surface area contributed by atoms with Gasteiger partial charge in [-0.3, -0.25) is 4.28 Å². The third-order valence-corrected chi connectivity index (χ3v) is 5.20. The molecule has 14 heteroatoms. The van der Waals surface area contributed by atoms with Gasteiger partial charge in [-0.15, -0.1) is 0 Å². The van der Waals surface area contributed by atoms with Gasteiger partial charge in [-0.05, 0) is 18.4 Å². The number of aliphatic hydroxyl groups excluding tert-OH is 4. The number of nitrogens with zero attached hydrogens (tertiary/aromatic N) is 1. The Bertz CT molecular complexity index is 519. The molecule has 1 aliphatic rings. The third kappa shape index (κ3) is 9.51. The molecular weight excluding hydrogens is 425 g/mol. The number of rotatable bonds is 8. The van der Waals surface area contributed by atoms with Gasteiger partial charge in [0, 0.05) is 6.42 Å². The molecule has 0 aliphatic carbocycles. The van der Waals surface area contributed by atoms with Crippen LogP contribution in [-0.2, 0) is 19.4 Å². The molecule has 1 heterocycles. The van der Waals surface area contributed by atoms with Gasteiger partial charge >= 0.3 is 51.4 Å². The fraction of sp³-hybridized carbons (Fsp3) is 0.909. The summed E-state index contributed by atoms with van der Waals surface area (Å²) >= 11 is 2.29. The molecule has 1 aliphatic heterocycles. The first-order chi connectivity index (χ1) is 11.2. The average molecular weight is 446 g/mol. The Morgan fingerprint density at radius 2 is 1.92 bits per heavy atom. The van der Waals surface area contributed by atoms with Gasteiger partial charge in [-0.25, -0.2) is 0 Å². The van der Waals surface area contributed by atoms with Crippen molar-refractivity contribution in [2.45, 2.75) is 42.7 Å². The standard InChI is InChI=1S/C11H21NO9S3.K/c1-22-4-2-3-7(12-21-24(17,18)19)23-11-10(16)9(15)8(14)6(5-13)20-11;/h6,8-11,13-16H,2-5H2,1H3,(H,17,18,19);/q;+1/p-1/b12-7-;/t6-,8-,9+,10-,11+;/m1./s1. The van der Waals surface area contributed by atoms with E-state index in [-0.39, 0.29) is 62.8 Å². The zero-order valence-electron chi connectivity index (χ0n) is 13.7. The summed E-state index contributed by atoms with van der Waals surface area (Å²) in [6.45, 7) is -0.591. The van der Waals surface area contributed by atoms with E-state index in [9.17, 15) is 28.3 Å². The summed E-state index contributed by atoms with van der Waals surface area (Å²) in [5.41, 5.74) is -1.13. The molecule has 5 atom stereocenters. The largest absolute Gasteiger partial charge is 1.00 e. The molecule has 0 amide bonds. The van der Waals surface area contributed by atoms with Crippen molar-refractivity contribution >= 4 is 39.0 Å². The second kappa shape index (κ2) is 12.9. The molecule has 1 fully saturated rings. The van der Waals surface area contributed by atoms with Crippen LogP contribution in [0, 0.1) is 0 Å². The first-order valence-electron chi connectivity index (χ1n) is 6.87. The van der Waals surface area contributed by atoms with Crippen LogP contribution in [-0.4, -0.2) is 86.9 Å². The topological polar surface area (TPSA) is 169 Å². The Morgan fingerprint density at radius 3 is 2.44 bits per heavy atom. The Balaban J connectivity index is 0.00000576. The van der Waals surface area contributed by atoms with Crippen molar-refractivity contribution in [3.63, 3.8) is 0 Å². The predicted octanol–water partition coefficient (Wildman–Crippen LogP) is -4.54. The van der Waals surface area contributed by atoms with Crippen molar-refractivity contribution in [1.82, 2.24) is 0 Å². The molecule has 4 N–H and O–H groups in total. The van der Waals surface area contributed by atoms with Crippen LogP contribution in [0.1, 0.15) is 12.8 Å². The first-order valence-corrected chi connectivity index (χ1v) is 10.5. The van der Waals surface area contributed by atoms with Crippen molar-refractivity contribution in [3.05, 3.63) is 0 Å². The summed E-state index contributed by atoms with van der Waals surface area (Å²) in [4.78, 5) is 0. The molecule has 0 unspecified atom stereocenters. The molecule has 0 bridgehead atoms. The van der Waals surface area contributed by atoms with Gasteiger partial charge in [0.2, 0.25) is 0 Å². The quantitative estimate of drug-likeness (QED) is 0.0540. The summed E-state index contributed by atoms with van der Waals surface area (Å²) < 4.78 is 40.8. The van der Waals surface area contributed by atoms with Crippen LogP contribution in [0.5, 0.6) is 0 Å². The van der Waals surface area contributed by atoms with Crippen LogP contribution in [0.25, 0.3) is 0 Å². The molecule has 1 saturated heterocycles. The van der Waals surface area contributed by atoms with Gasteiger partial charge in [0.1, 0.15) is 34.9 Å². The molecule has 0 saturated carbocycles. The normalized spacial score (nSPS) is 30.6. The van der Waals surface area contributed by atoms with Gasteiger partial charge < -0.3 is 29.7 Å². The Hall–Kier alpha value is 1.52. The first kappa shape index (κ1) is 26.5. The van der Waals surface area contributed by atoms with Gasteiger partial charge in [0.25, 0.3) is 10.4 Å². The van der Waals surface area contributed by atoms with Crippen LogP contribution in [0.3, 0.4) is 0 Å². The molecule has 25 heavy (non-hydrogen) atoms. The minimum absolute atomic E-state index is 0. The smallest absolute Gasteiger partial charge is 0.714 e. The van der Waals surface area contributed by atoms with E-state index in [4.69, 9.17) is 9.84 Å². The number of hydrogen-bond acceptors (Lipinski definition) is 12. The van der Waals surface area contributed by atoms with Crippen molar-refractivity contribution < 1.29 is 93.8 Å². The number of aliphatic hydroxyl groups is 4. The summed E-state index contributed by atoms with van der Waals surface area (Å²) in [5.74, 6) is 0.735. The maximum Gasteiger partial charge on any atom is 1.00 e. The van der Waals surface area contributed by atoms with Crippen molar-refractivity contribution in [2.75, 3.05) is 18.6 Å². The van der Waals surface area contributed by atoms with Crippen LogP contribution in [0.15, 0.2) is 5.16 Å². The SMILES string of the molecule is CSCCC/C(=N/OS(=O)(=O)[O-])S[C@@H]1O[C@H](CO)[C@@H](O)[C@H](O)[C@H]1O.[K+]. The Kier molecular flexibility index (Phi) is 13.7. The second-order valence-corrected chi connectivity index (χ2v) is 8.00. The molecule has 0 radical (unpaired) electrons. The summed E-state index contributed by atoms with van der Waals surface area (Å²) in [6.07, 6.45) is -2.97. The minimum Gasteiger partial charge on any atom is -0.714 e. The molecule has 1 rings (SSSR count). The third-order valence-electron chi connectivity index (χ3n) is 3.07. The van der Waals surface area contributed by atoms with Gasteiger partial charge in [0.05, 0.1) is 6.61 Å². The molecule has 0 spiro atoms. The predicted molar refractivity (Wildman–Crippen MR) is 87.2 cm³/mol. The summed E-state index contributed by atoms with van der Waals surface area (Å²) in [5, 5.41) is 41.9. The number of ether oxygens (including phenoxy) is 1. The zero-order chi connectivity index (χ0) is 18.3. The summed E-state index contributed by atoms with van der Waals surface area (Å²) in [6, 6.07) is 0. The van der Waals surface area contributed by atoms with E-state index in [1.54, 1.807) is 11.8 Å². The minimum atomic E-state index is -5.03. The average Bonchev–Trinajstić information content (AvgIpc) is 2.52. The fourth-order valence-electron chi connectivity index (χ4n) is 1.88. The van der Waals surface area contributed by atoms with E-state index in [2.05, 4.69) is 9.44 Å². The zero-order valence-corrected chi connectivity index (χ0v) is 19.3. The molecule has 0 aromatic rings. The van der Waals surface area contributed by atoms with Crippen molar-refractivity contribution in [1.29, 1.82) is 0 Å². The molecule has 10 nitrogen and oxygen atoms in total. The summed E-state index contributed by atoms with van der Waals surface area (Å²) in [7, 11) is -5.03. The fourth-order valence-corrected chi connectivity index (χ4v) is 3.65. The molecule has 0 aromatic heterocycles. The number of thioether (sulfide) groups is 2. The number of hydrogen-bond donors (Lipinski definition) is 4. The van der Waals surface area contributed by atoms with Crippen molar-refractivity contribution in [3.8, 4) is 0 Å². The molecule has 0 aromatic carbocycles. The van der Waals surface area contributed by atoms with Crippen LogP contribution in [0.2, 0.25) is 0 Å². The van der Waals surface area contributed by atoms with Crippen molar-refractivity contribution in [2.24, 2.45) is 5.16 Å². The van der Waals surface area contributed by atoms with E-state index < -0.39 is 46.9 Å². The maximum absolute atomic E-state index is 10.5.